The number of pyridine rings is 2. The highest BCUT2D eigenvalue weighted by Crippen LogP contribution is 2.36. The number of nitrogens with zero attached hydrogens (tertiary/aromatic N) is 6. The van der Waals surface area contributed by atoms with Crippen molar-refractivity contribution in [2.45, 2.75) is 20.0 Å². The SMILES string of the molecule is Cc1nn(C)c(C)c1-n1c(=O)n(C)c2cnc3ccc(-c4cnc(N)c(C(F)(F)F)c4)cc3c21. The quantitative estimate of drug-likeness (QED) is 0.425. The Hall–Kier alpha value is -4.15. The van der Waals surface area contributed by atoms with E-state index in [9.17, 15) is 18.0 Å². The number of alkyl halides is 3. The van der Waals surface area contributed by atoms with Crippen molar-refractivity contribution in [2.75, 3.05) is 5.73 Å². The maximum atomic E-state index is 13.4. The van der Waals surface area contributed by atoms with Crippen LogP contribution < -0.4 is 11.4 Å². The van der Waals surface area contributed by atoms with E-state index < -0.39 is 17.6 Å². The van der Waals surface area contributed by atoms with Gasteiger partial charge in [-0.15, -0.1) is 0 Å². The van der Waals surface area contributed by atoms with Gasteiger partial charge < -0.3 is 5.73 Å². The average Bonchev–Trinajstić information content (AvgIpc) is 3.18. The first-order valence-electron chi connectivity index (χ1n) is 10.3. The minimum atomic E-state index is -4.63. The van der Waals surface area contributed by atoms with E-state index in [1.165, 1.54) is 10.8 Å². The second-order valence-corrected chi connectivity index (χ2v) is 8.20. The van der Waals surface area contributed by atoms with Crippen molar-refractivity contribution in [2.24, 2.45) is 14.1 Å². The molecule has 0 aliphatic heterocycles. The van der Waals surface area contributed by atoms with Crippen LogP contribution in [0.5, 0.6) is 0 Å². The Morgan fingerprint density at radius 3 is 2.38 bits per heavy atom. The van der Waals surface area contributed by atoms with Crippen molar-refractivity contribution in [3.8, 4) is 16.8 Å². The molecule has 0 saturated carbocycles. The maximum absolute atomic E-state index is 13.4. The second kappa shape index (κ2) is 7.17. The average molecular weight is 467 g/mol. The first kappa shape index (κ1) is 21.7. The monoisotopic (exact) mass is 467 g/mol. The number of imidazole rings is 1. The zero-order chi connectivity index (χ0) is 24.5. The summed E-state index contributed by atoms with van der Waals surface area (Å²) in [6.07, 6.45) is -1.72. The topological polar surface area (TPSA) is 96.5 Å². The Labute approximate surface area is 191 Å². The molecular weight excluding hydrogens is 447 g/mol. The van der Waals surface area contributed by atoms with Crippen molar-refractivity contribution in [1.29, 1.82) is 0 Å². The van der Waals surface area contributed by atoms with E-state index in [0.717, 1.165) is 11.8 Å². The summed E-state index contributed by atoms with van der Waals surface area (Å²) in [5.41, 5.74) is 8.83. The van der Waals surface area contributed by atoms with Gasteiger partial charge in [0, 0.05) is 31.2 Å². The highest BCUT2D eigenvalue weighted by Gasteiger charge is 2.34. The Bertz CT molecular complexity index is 1670. The summed E-state index contributed by atoms with van der Waals surface area (Å²) in [4.78, 5) is 21.5. The molecular formula is C23H20F3N7O. The van der Waals surface area contributed by atoms with Crippen LogP contribution in [0, 0.1) is 13.8 Å². The normalized spacial score (nSPS) is 12.2. The molecule has 0 spiro atoms. The summed E-state index contributed by atoms with van der Waals surface area (Å²) >= 11 is 0. The van der Waals surface area contributed by atoms with E-state index in [4.69, 9.17) is 5.73 Å². The summed E-state index contributed by atoms with van der Waals surface area (Å²) in [7, 11) is 3.45. The maximum Gasteiger partial charge on any atom is 0.419 e. The van der Waals surface area contributed by atoms with Crippen molar-refractivity contribution >= 4 is 27.8 Å². The molecule has 174 valence electrons. The number of benzene rings is 1. The van der Waals surface area contributed by atoms with Gasteiger partial charge in [-0.05, 0) is 37.6 Å². The minimum Gasteiger partial charge on any atom is -0.383 e. The molecule has 4 heterocycles. The fourth-order valence-corrected chi connectivity index (χ4v) is 4.33. The van der Waals surface area contributed by atoms with Crippen LogP contribution in [0.4, 0.5) is 19.0 Å². The van der Waals surface area contributed by atoms with Crippen molar-refractivity contribution in [3.05, 3.63) is 64.1 Å². The van der Waals surface area contributed by atoms with Gasteiger partial charge in [0.05, 0.1) is 45.4 Å². The lowest BCUT2D eigenvalue weighted by Crippen LogP contribution is -2.21. The smallest absolute Gasteiger partial charge is 0.383 e. The Kier molecular flexibility index (Phi) is 4.57. The predicted molar refractivity (Wildman–Crippen MR) is 123 cm³/mol. The molecule has 5 aromatic rings. The van der Waals surface area contributed by atoms with Gasteiger partial charge in [-0.1, -0.05) is 6.07 Å². The fourth-order valence-electron chi connectivity index (χ4n) is 4.33. The van der Waals surface area contributed by atoms with Crippen LogP contribution in [0.3, 0.4) is 0 Å². The summed E-state index contributed by atoms with van der Waals surface area (Å²) in [5, 5.41) is 5.05. The van der Waals surface area contributed by atoms with Crippen LogP contribution in [0.25, 0.3) is 38.8 Å². The van der Waals surface area contributed by atoms with Gasteiger partial charge in [-0.2, -0.15) is 18.3 Å². The van der Waals surface area contributed by atoms with Gasteiger partial charge in [0.25, 0.3) is 0 Å². The van der Waals surface area contributed by atoms with Crippen molar-refractivity contribution in [3.63, 3.8) is 0 Å². The summed E-state index contributed by atoms with van der Waals surface area (Å²) in [6.45, 7) is 3.69. The van der Waals surface area contributed by atoms with E-state index in [2.05, 4.69) is 15.1 Å². The van der Waals surface area contributed by atoms with Crippen LogP contribution in [-0.2, 0) is 20.3 Å². The molecule has 0 radical (unpaired) electrons. The molecule has 0 fully saturated rings. The van der Waals surface area contributed by atoms with Crippen LogP contribution in [0.15, 0.2) is 41.5 Å². The number of aromatic nitrogens is 6. The molecule has 4 aromatic heterocycles. The minimum absolute atomic E-state index is 0.249. The standard InChI is InChI=1S/C23H20F3N7O/c1-11-19(12(2)32(4)30-11)33-20-15-7-13(14-8-16(23(24,25)26)21(27)29-9-14)5-6-17(15)28-10-18(20)31(3)22(33)34/h5-10H,1-4H3,(H2,27,29). The molecule has 0 aliphatic rings. The first-order valence-corrected chi connectivity index (χ1v) is 10.3. The molecule has 1 aromatic carbocycles. The third-order valence-corrected chi connectivity index (χ3v) is 6.14. The lowest BCUT2D eigenvalue weighted by molar-refractivity contribution is -0.137. The number of hydrogen-bond acceptors (Lipinski definition) is 5. The zero-order valence-electron chi connectivity index (χ0n) is 18.8. The molecule has 0 amide bonds. The number of anilines is 1. The number of halogens is 3. The van der Waals surface area contributed by atoms with Crippen LogP contribution in [-0.4, -0.2) is 28.9 Å². The van der Waals surface area contributed by atoms with E-state index in [-0.39, 0.29) is 11.3 Å². The number of aryl methyl sites for hydroxylation is 3. The Morgan fingerprint density at radius 1 is 1.00 bits per heavy atom. The lowest BCUT2D eigenvalue weighted by atomic mass is 10.0. The van der Waals surface area contributed by atoms with Gasteiger partial charge in [0.1, 0.15) is 5.82 Å². The van der Waals surface area contributed by atoms with Gasteiger partial charge in [0.2, 0.25) is 0 Å². The molecule has 0 bridgehead atoms. The highest BCUT2D eigenvalue weighted by atomic mass is 19.4. The number of fused-ring (bicyclic) bond motifs is 3. The van der Waals surface area contributed by atoms with Gasteiger partial charge in [0.15, 0.2) is 0 Å². The van der Waals surface area contributed by atoms with Crippen LogP contribution >= 0.6 is 0 Å². The third-order valence-electron chi connectivity index (χ3n) is 6.14. The van der Waals surface area contributed by atoms with Gasteiger partial charge in [-0.3, -0.25) is 18.8 Å². The van der Waals surface area contributed by atoms with Crippen LogP contribution in [0.2, 0.25) is 0 Å². The molecule has 0 saturated heterocycles. The fraction of sp³-hybridized carbons (Fsp3) is 0.217. The number of nitrogens with two attached hydrogens (primary N) is 1. The van der Waals surface area contributed by atoms with E-state index in [0.29, 0.717) is 38.9 Å². The number of nitrogen functional groups attached to an aromatic ring is 1. The molecule has 0 aliphatic carbocycles. The Morgan fingerprint density at radius 2 is 1.74 bits per heavy atom. The van der Waals surface area contributed by atoms with Crippen molar-refractivity contribution < 1.29 is 13.2 Å². The zero-order valence-corrected chi connectivity index (χ0v) is 18.8. The number of hydrogen-bond donors (Lipinski definition) is 1. The molecule has 0 unspecified atom stereocenters. The highest BCUT2D eigenvalue weighted by molar-refractivity contribution is 6.04. The molecule has 0 atom stereocenters. The summed E-state index contributed by atoms with van der Waals surface area (Å²) < 4.78 is 45.0. The molecule has 34 heavy (non-hydrogen) atoms. The molecule has 2 N–H and O–H groups in total. The third kappa shape index (κ3) is 3.07. The lowest BCUT2D eigenvalue weighted by Gasteiger charge is -2.12. The molecule has 11 heteroatoms. The van der Waals surface area contributed by atoms with Crippen molar-refractivity contribution in [1.82, 2.24) is 28.9 Å². The summed E-state index contributed by atoms with van der Waals surface area (Å²) in [6, 6.07) is 6.07. The number of rotatable bonds is 2. The molecule has 8 nitrogen and oxygen atoms in total. The van der Waals surface area contributed by atoms with Gasteiger partial charge in [-0.25, -0.2) is 9.78 Å². The molecule has 5 rings (SSSR count). The summed E-state index contributed by atoms with van der Waals surface area (Å²) in [5.74, 6) is -0.583. The van der Waals surface area contributed by atoms with Crippen LogP contribution in [0.1, 0.15) is 17.0 Å². The Balaban J connectivity index is 1.85. The first-order chi connectivity index (χ1) is 16.0. The van der Waals surface area contributed by atoms with E-state index >= 15 is 0 Å². The largest absolute Gasteiger partial charge is 0.419 e. The van der Waals surface area contributed by atoms with E-state index in [1.807, 2.05) is 13.8 Å². The van der Waals surface area contributed by atoms with Gasteiger partial charge >= 0.3 is 11.9 Å². The predicted octanol–water partition coefficient (Wildman–Crippen LogP) is 3.89. The van der Waals surface area contributed by atoms with E-state index in [1.54, 1.807) is 47.7 Å². The second-order valence-electron chi connectivity index (χ2n) is 8.20.